The summed E-state index contributed by atoms with van der Waals surface area (Å²) < 4.78 is 0. The van der Waals surface area contributed by atoms with Gasteiger partial charge in [0, 0.05) is 28.2 Å². The number of aliphatic hydroxyl groups is 1. The van der Waals surface area contributed by atoms with Gasteiger partial charge in [-0.2, -0.15) is 0 Å². The van der Waals surface area contributed by atoms with Crippen molar-refractivity contribution < 1.29 is 5.11 Å². The zero-order valence-electron chi connectivity index (χ0n) is 12.6. The van der Waals surface area contributed by atoms with Gasteiger partial charge in [0.05, 0.1) is 6.10 Å². The molecule has 1 aliphatic rings. The fourth-order valence-corrected chi connectivity index (χ4v) is 3.57. The largest absolute Gasteiger partial charge is 0.387 e. The minimum atomic E-state index is -0.681. The van der Waals surface area contributed by atoms with Gasteiger partial charge in [-0.3, -0.25) is 0 Å². The van der Waals surface area contributed by atoms with E-state index in [4.69, 9.17) is 23.2 Å². The van der Waals surface area contributed by atoms with Crippen LogP contribution >= 0.6 is 23.2 Å². The molecule has 0 aliphatic carbocycles. The lowest BCUT2D eigenvalue weighted by Crippen LogP contribution is -2.42. The monoisotopic (exact) mass is 330 g/mol. The van der Waals surface area contributed by atoms with E-state index in [0.29, 0.717) is 34.1 Å². The van der Waals surface area contributed by atoms with Gasteiger partial charge >= 0.3 is 0 Å². The van der Waals surface area contributed by atoms with Crippen LogP contribution in [0, 0.1) is 5.92 Å². The molecule has 1 saturated heterocycles. The fourth-order valence-electron chi connectivity index (χ4n) is 2.92. The van der Waals surface area contributed by atoms with E-state index in [1.54, 1.807) is 18.2 Å². The van der Waals surface area contributed by atoms with Crippen molar-refractivity contribution in [2.45, 2.75) is 31.9 Å². The molecule has 1 heterocycles. The third-order valence-electron chi connectivity index (χ3n) is 4.44. The Kier molecular flexibility index (Phi) is 6.33. The molecular weight excluding hydrogens is 307 g/mol. The zero-order chi connectivity index (χ0) is 15.4. The van der Waals surface area contributed by atoms with Crippen molar-refractivity contribution in [1.29, 1.82) is 0 Å². The highest BCUT2D eigenvalue weighted by atomic mass is 35.5. The van der Waals surface area contributed by atoms with E-state index in [2.05, 4.69) is 24.2 Å². The number of hydrogen-bond acceptors (Lipinski definition) is 3. The quantitative estimate of drug-likeness (QED) is 0.869. The van der Waals surface area contributed by atoms with E-state index in [1.165, 1.54) is 12.8 Å². The van der Waals surface area contributed by atoms with E-state index in [1.807, 2.05) is 0 Å². The lowest BCUT2D eigenvalue weighted by atomic mass is 9.90. The molecule has 2 N–H and O–H groups in total. The van der Waals surface area contributed by atoms with Crippen LogP contribution < -0.4 is 5.32 Å². The maximum Gasteiger partial charge on any atom is 0.0943 e. The van der Waals surface area contributed by atoms with E-state index in [0.717, 1.165) is 13.1 Å². The van der Waals surface area contributed by atoms with Crippen LogP contribution in [-0.2, 0) is 0 Å². The molecule has 0 amide bonds. The minimum absolute atomic E-state index is 0.384. The number of rotatable bonds is 5. The summed E-state index contributed by atoms with van der Waals surface area (Å²) in [4.78, 5) is 2.36. The Hall–Kier alpha value is -0.320. The first-order valence-electron chi connectivity index (χ1n) is 7.53. The second-order valence-corrected chi connectivity index (χ2v) is 6.80. The van der Waals surface area contributed by atoms with E-state index in [9.17, 15) is 5.11 Å². The summed E-state index contributed by atoms with van der Waals surface area (Å²) in [6, 6.07) is 5.68. The first kappa shape index (κ1) is 17.0. The van der Waals surface area contributed by atoms with Crippen molar-refractivity contribution in [2.24, 2.45) is 5.92 Å². The predicted octanol–water partition coefficient (Wildman–Crippen LogP) is 3.35. The lowest BCUT2D eigenvalue weighted by molar-refractivity contribution is 0.150. The van der Waals surface area contributed by atoms with E-state index < -0.39 is 6.10 Å². The molecule has 0 spiro atoms. The maximum atomic E-state index is 10.3. The normalized spacial score (nSPS) is 20.4. The molecule has 2 atom stereocenters. The topological polar surface area (TPSA) is 35.5 Å². The second kappa shape index (κ2) is 7.80. The van der Waals surface area contributed by atoms with Gasteiger partial charge in [0.15, 0.2) is 0 Å². The molecule has 2 rings (SSSR count). The third-order valence-corrected chi connectivity index (χ3v) is 5.10. The maximum absolute atomic E-state index is 10.3. The smallest absolute Gasteiger partial charge is 0.0943 e. The van der Waals surface area contributed by atoms with Crippen molar-refractivity contribution in [3.63, 3.8) is 0 Å². The number of likely N-dealkylation sites (tertiary alicyclic amines) is 1. The van der Waals surface area contributed by atoms with Gasteiger partial charge in [-0.15, -0.1) is 0 Å². The average molecular weight is 331 g/mol. The molecule has 2 unspecified atom stereocenters. The van der Waals surface area contributed by atoms with Gasteiger partial charge in [0.2, 0.25) is 0 Å². The predicted molar refractivity (Wildman–Crippen MR) is 89.1 cm³/mol. The van der Waals surface area contributed by atoms with E-state index in [-0.39, 0.29) is 0 Å². The molecule has 0 saturated carbocycles. The molecule has 118 valence electrons. The summed E-state index contributed by atoms with van der Waals surface area (Å²) in [5.41, 5.74) is 0.615. The van der Waals surface area contributed by atoms with Crippen molar-refractivity contribution in [2.75, 3.05) is 26.7 Å². The van der Waals surface area contributed by atoms with Crippen LogP contribution in [-0.4, -0.2) is 42.7 Å². The Morgan fingerprint density at radius 2 is 1.86 bits per heavy atom. The third kappa shape index (κ3) is 4.57. The van der Waals surface area contributed by atoms with Gasteiger partial charge in [-0.25, -0.2) is 0 Å². The van der Waals surface area contributed by atoms with Crippen LogP contribution in [0.1, 0.15) is 31.4 Å². The Balaban J connectivity index is 1.87. The van der Waals surface area contributed by atoms with Gasteiger partial charge < -0.3 is 15.3 Å². The van der Waals surface area contributed by atoms with Gasteiger partial charge in [-0.05, 0) is 58.0 Å². The summed E-state index contributed by atoms with van der Waals surface area (Å²) in [5.74, 6) is 0.662. The SMILES string of the molecule is CC(NCC(O)c1c(Cl)cccc1Cl)C1CCN(C)CC1. The average Bonchev–Trinajstić information content (AvgIpc) is 2.45. The number of benzene rings is 1. The molecule has 1 aromatic carbocycles. The number of hydrogen-bond donors (Lipinski definition) is 2. The Morgan fingerprint density at radius 3 is 2.43 bits per heavy atom. The summed E-state index contributed by atoms with van der Waals surface area (Å²) in [6.07, 6.45) is 1.72. The number of nitrogens with zero attached hydrogens (tertiary/aromatic N) is 1. The van der Waals surface area contributed by atoms with E-state index >= 15 is 0 Å². The molecular formula is C16H24Cl2N2O. The van der Waals surface area contributed by atoms with Crippen LogP contribution in [0.15, 0.2) is 18.2 Å². The molecule has 0 aromatic heterocycles. The molecule has 0 bridgehead atoms. The number of aliphatic hydroxyl groups excluding tert-OH is 1. The molecule has 1 aromatic rings. The van der Waals surface area contributed by atoms with Crippen LogP contribution in [0.3, 0.4) is 0 Å². The lowest BCUT2D eigenvalue weighted by Gasteiger charge is -2.33. The fraction of sp³-hybridized carbons (Fsp3) is 0.625. The molecule has 21 heavy (non-hydrogen) atoms. The van der Waals surface area contributed by atoms with Crippen molar-refractivity contribution in [1.82, 2.24) is 10.2 Å². The first-order valence-corrected chi connectivity index (χ1v) is 8.28. The van der Waals surface area contributed by atoms with Crippen LogP contribution in [0.25, 0.3) is 0 Å². The minimum Gasteiger partial charge on any atom is -0.387 e. The highest BCUT2D eigenvalue weighted by Gasteiger charge is 2.23. The number of piperidine rings is 1. The molecule has 1 aliphatic heterocycles. The molecule has 5 heteroatoms. The van der Waals surface area contributed by atoms with Gasteiger partial charge in [0.25, 0.3) is 0 Å². The Morgan fingerprint density at radius 1 is 1.29 bits per heavy atom. The summed E-state index contributed by atoms with van der Waals surface area (Å²) in [7, 11) is 2.16. The van der Waals surface area contributed by atoms with Crippen LogP contribution in [0.5, 0.6) is 0 Å². The van der Waals surface area contributed by atoms with Gasteiger partial charge in [-0.1, -0.05) is 29.3 Å². The van der Waals surface area contributed by atoms with Crippen molar-refractivity contribution in [3.05, 3.63) is 33.8 Å². The first-order chi connectivity index (χ1) is 9.99. The van der Waals surface area contributed by atoms with Gasteiger partial charge in [0.1, 0.15) is 0 Å². The molecule has 1 fully saturated rings. The standard InChI is InChI=1S/C16H24Cl2N2O/c1-11(12-6-8-20(2)9-7-12)19-10-15(21)16-13(17)4-3-5-14(16)18/h3-5,11-12,15,19,21H,6-10H2,1-2H3. The molecule has 0 radical (unpaired) electrons. The highest BCUT2D eigenvalue weighted by Crippen LogP contribution is 2.30. The van der Waals surface area contributed by atoms with Crippen molar-refractivity contribution >= 4 is 23.2 Å². The second-order valence-electron chi connectivity index (χ2n) is 5.99. The number of halogens is 2. The van der Waals surface area contributed by atoms with Crippen molar-refractivity contribution in [3.8, 4) is 0 Å². The Bertz CT molecular complexity index is 441. The highest BCUT2D eigenvalue weighted by molar-refractivity contribution is 6.36. The molecule has 3 nitrogen and oxygen atoms in total. The van der Waals surface area contributed by atoms with Crippen LogP contribution in [0.2, 0.25) is 10.0 Å². The van der Waals surface area contributed by atoms with Crippen LogP contribution in [0.4, 0.5) is 0 Å². The Labute approximate surface area is 137 Å². The summed E-state index contributed by atoms with van der Waals surface area (Å²) in [5, 5.41) is 14.8. The number of nitrogens with one attached hydrogen (secondary N) is 1. The summed E-state index contributed by atoms with van der Waals surface area (Å²) in [6.45, 7) is 4.96. The zero-order valence-corrected chi connectivity index (χ0v) is 14.2. The summed E-state index contributed by atoms with van der Waals surface area (Å²) >= 11 is 12.3.